The second-order valence-electron chi connectivity index (χ2n) is 5.45. The average Bonchev–Trinajstić information content (AvgIpc) is 3.12. The van der Waals surface area contributed by atoms with E-state index in [9.17, 15) is 4.79 Å². The average molecular weight is 306 g/mol. The number of aryl methyl sites for hydroxylation is 1. The van der Waals surface area contributed by atoms with Gasteiger partial charge in [0.05, 0.1) is 12.1 Å². The molecule has 0 atom stereocenters. The number of anilines is 1. The van der Waals surface area contributed by atoms with Crippen molar-refractivity contribution in [3.63, 3.8) is 0 Å². The van der Waals surface area contributed by atoms with Gasteiger partial charge in [-0.3, -0.25) is 4.79 Å². The van der Waals surface area contributed by atoms with Crippen molar-refractivity contribution < 1.29 is 4.79 Å². The highest BCUT2D eigenvalue weighted by atomic mass is 32.1. The van der Waals surface area contributed by atoms with Crippen LogP contribution in [0.1, 0.15) is 11.1 Å². The Hall–Kier alpha value is -2.46. The second kappa shape index (κ2) is 5.07. The third kappa shape index (κ3) is 2.22. The fourth-order valence-corrected chi connectivity index (χ4v) is 3.65. The van der Waals surface area contributed by atoms with E-state index in [0.717, 1.165) is 27.5 Å². The number of aromatic nitrogens is 1. The number of thiazole rings is 1. The molecular weight excluding hydrogens is 292 g/mol. The van der Waals surface area contributed by atoms with Crippen molar-refractivity contribution in [3.05, 3.63) is 59.0 Å². The van der Waals surface area contributed by atoms with Gasteiger partial charge in [-0.2, -0.15) is 0 Å². The van der Waals surface area contributed by atoms with Crippen molar-refractivity contribution in [1.82, 2.24) is 4.98 Å². The molecule has 0 saturated carbocycles. The van der Waals surface area contributed by atoms with Crippen LogP contribution in [0.3, 0.4) is 0 Å². The largest absolute Gasteiger partial charge is 0.326 e. The lowest BCUT2D eigenvalue weighted by Gasteiger charge is -2.02. The first-order valence-corrected chi connectivity index (χ1v) is 8.03. The van der Waals surface area contributed by atoms with Crippen molar-refractivity contribution in [3.8, 4) is 21.8 Å². The Kier molecular flexibility index (Phi) is 3.05. The molecule has 0 fully saturated rings. The van der Waals surface area contributed by atoms with E-state index in [4.69, 9.17) is 4.98 Å². The smallest absolute Gasteiger partial charge is 0.228 e. The van der Waals surface area contributed by atoms with Gasteiger partial charge in [0.1, 0.15) is 5.01 Å². The number of carbonyl (C=O) groups excluding carboxylic acids is 1. The Balaban J connectivity index is 1.72. The molecule has 108 valence electrons. The molecule has 1 aliphatic rings. The van der Waals surface area contributed by atoms with E-state index >= 15 is 0 Å². The van der Waals surface area contributed by atoms with Crippen LogP contribution in [0.2, 0.25) is 0 Å². The highest BCUT2D eigenvalue weighted by Gasteiger charge is 2.18. The van der Waals surface area contributed by atoms with Gasteiger partial charge >= 0.3 is 0 Å². The van der Waals surface area contributed by atoms with Crippen LogP contribution in [-0.2, 0) is 11.2 Å². The lowest BCUT2D eigenvalue weighted by Crippen LogP contribution is -2.03. The Morgan fingerprint density at radius 2 is 2.05 bits per heavy atom. The molecule has 2 aromatic carbocycles. The molecule has 0 spiro atoms. The Morgan fingerprint density at radius 1 is 1.18 bits per heavy atom. The molecular formula is C18H14N2OS. The van der Waals surface area contributed by atoms with Crippen LogP contribution >= 0.6 is 11.3 Å². The van der Waals surface area contributed by atoms with Crippen LogP contribution in [0, 0.1) is 6.92 Å². The van der Waals surface area contributed by atoms with Gasteiger partial charge in [0.15, 0.2) is 0 Å². The summed E-state index contributed by atoms with van der Waals surface area (Å²) in [4.78, 5) is 16.2. The Labute approximate surface area is 132 Å². The van der Waals surface area contributed by atoms with E-state index in [1.165, 1.54) is 11.1 Å². The third-order valence-electron chi connectivity index (χ3n) is 3.91. The topological polar surface area (TPSA) is 42.0 Å². The summed E-state index contributed by atoms with van der Waals surface area (Å²) in [5, 5.41) is 5.97. The van der Waals surface area contributed by atoms with Gasteiger partial charge in [0.2, 0.25) is 5.91 Å². The number of amides is 1. The molecule has 2 heterocycles. The maximum Gasteiger partial charge on any atom is 0.228 e. The molecule has 1 amide bonds. The maximum atomic E-state index is 11.4. The molecule has 0 bridgehead atoms. The molecule has 4 heteroatoms. The van der Waals surface area contributed by atoms with E-state index in [1.54, 1.807) is 11.3 Å². The fourth-order valence-electron chi connectivity index (χ4n) is 2.73. The molecule has 4 rings (SSSR count). The van der Waals surface area contributed by atoms with Crippen LogP contribution in [0.4, 0.5) is 5.69 Å². The van der Waals surface area contributed by atoms with Crippen molar-refractivity contribution in [2.24, 2.45) is 0 Å². The zero-order valence-electron chi connectivity index (χ0n) is 12.1. The zero-order valence-corrected chi connectivity index (χ0v) is 12.9. The first-order chi connectivity index (χ1) is 10.7. The summed E-state index contributed by atoms with van der Waals surface area (Å²) >= 11 is 1.65. The van der Waals surface area contributed by atoms with E-state index in [1.807, 2.05) is 24.3 Å². The minimum atomic E-state index is 0.0611. The molecule has 22 heavy (non-hydrogen) atoms. The molecule has 1 aliphatic heterocycles. The minimum Gasteiger partial charge on any atom is -0.326 e. The standard InChI is InChI=1S/C18H14N2OS/c1-11-4-2-3-5-14(11)18-20-16(10-22-18)12-6-7-15-13(8-12)9-17(21)19-15/h2-8,10H,9H2,1H3,(H,19,21). The summed E-state index contributed by atoms with van der Waals surface area (Å²) in [7, 11) is 0. The van der Waals surface area contributed by atoms with Crippen LogP contribution in [0.15, 0.2) is 47.8 Å². The normalized spacial score (nSPS) is 13.0. The van der Waals surface area contributed by atoms with E-state index in [0.29, 0.717) is 6.42 Å². The van der Waals surface area contributed by atoms with Gasteiger partial charge < -0.3 is 5.32 Å². The molecule has 3 aromatic rings. The predicted molar refractivity (Wildman–Crippen MR) is 90.1 cm³/mol. The SMILES string of the molecule is Cc1ccccc1-c1nc(-c2ccc3c(c2)CC(=O)N3)cs1. The molecule has 1 aromatic heterocycles. The molecule has 0 unspecified atom stereocenters. The Bertz CT molecular complexity index is 882. The van der Waals surface area contributed by atoms with Gasteiger partial charge in [-0.1, -0.05) is 30.3 Å². The van der Waals surface area contributed by atoms with Crippen molar-refractivity contribution in [1.29, 1.82) is 0 Å². The van der Waals surface area contributed by atoms with Crippen LogP contribution in [-0.4, -0.2) is 10.9 Å². The Morgan fingerprint density at radius 3 is 2.91 bits per heavy atom. The highest BCUT2D eigenvalue weighted by Crippen LogP contribution is 2.33. The highest BCUT2D eigenvalue weighted by molar-refractivity contribution is 7.13. The number of hydrogen-bond donors (Lipinski definition) is 1. The predicted octanol–water partition coefficient (Wildman–Crippen LogP) is 4.28. The lowest BCUT2D eigenvalue weighted by atomic mass is 10.1. The van der Waals surface area contributed by atoms with E-state index < -0.39 is 0 Å². The van der Waals surface area contributed by atoms with Crippen LogP contribution in [0.5, 0.6) is 0 Å². The summed E-state index contributed by atoms with van der Waals surface area (Å²) < 4.78 is 0. The van der Waals surface area contributed by atoms with Gasteiger partial charge in [-0.25, -0.2) is 4.98 Å². The summed E-state index contributed by atoms with van der Waals surface area (Å²) in [6, 6.07) is 14.3. The molecule has 1 N–H and O–H groups in total. The molecule has 0 aliphatic carbocycles. The summed E-state index contributed by atoms with van der Waals surface area (Å²) in [6.45, 7) is 2.10. The van der Waals surface area contributed by atoms with Crippen molar-refractivity contribution in [2.45, 2.75) is 13.3 Å². The van der Waals surface area contributed by atoms with Crippen LogP contribution < -0.4 is 5.32 Å². The number of rotatable bonds is 2. The number of hydrogen-bond acceptors (Lipinski definition) is 3. The molecule has 3 nitrogen and oxygen atoms in total. The van der Waals surface area contributed by atoms with Crippen molar-refractivity contribution >= 4 is 22.9 Å². The monoisotopic (exact) mass is 306 g/mol. The van der Waals surface area contributed by atoms with Gasteiger partial charge in [0.25, 0.3) is 0 Å². The van der Waals surface area contributed by atoms with E-state index in [2.05, 4.69) is 35.8 Å². The summed E-state index contributed by atoms with van der Waals surface area (Å²) in [5.41, 5.74) is 6.40. The molecule has 0 saturated heterocycles. The van der Waals surface area contributed by atoms with E-state index in [-0.39, 0.29) is 5.91 Å². The summed E-state index contributed by atoms with van der Waals surface area (Å²) in [6.07, 6.45) is 0.456. The second-order valence-corrected chi connectivity index (χ2v) is 6.31. The fraction of sp³-hybridized carbons (Fsp3) is 0.111. The minimum absolute atomic E-state index is 0.0611. The first-order valence-electron chi connectivity index (χ1n) is 7.15. The zero-order chi connectivity index (χ0) is 15.1. The van der Waals surface area contributed by atoms with Crippen LogP contribution in [0.25, 0.3) is 21.8 Å². The van der Waals surface area contributed by atoms with Gasteiger partial charge in [-0.15, -0.1) is 11.3 Å². The number of carbonyl (C=O) groups is 1. The lowest BCUT2D eigenvalue weighted by molar-refractivity contribution is -0.115. The number of benzene rings is 2. The first kappa shape index (κ1) is 13.2. The maximum absolute atomic E-state index is 11.4. The number of nitrogens with one attached hydrogen (secondary N) is 1. The number of nitrogens with zero attached hydrogens (tertiary/aromatic N) is 1. The van der Waals surface area contributed by atoms with Gasteiger partial charge in [-0.05, 0) is 30.2 Å². The van der Waals surface area contributed by atoms with Gasteiger partial charge in [0, 0.05) is 22.2 Å². The number of fused-ring (bicyclic) bond motifs is 1. The summed E-state index contributed by atoms with van der Waals surface area (Å²) in [5.74, 6) is 0.0611. The van der Waals surface area contributed by atoms with Crippen molar-refractivity contribution in [2.75, 3.05) is 5.32 Å². The third-order valence-corrected chi connectivity index (χ3v) is 4.78. The molecule has 0 radical (unpaired) electrons. The quantitative estimate of drug-likeness (QED) is 0.768.